The van der Waals surface area contributed by atoms with E-state index in [0.717, 1.165) is 0 Å². The van der Waals surface area contributed by atoms with Gasteiger partial charge in [-0.15, -0.1) is 0 Å². The number of alkyl halides is 11. The predicted molar refractivity (Wildman–Crippen MR) is 32.9 cm³/mol. The summed E-state index contributed by atoms with van der Waals surface area (Å²) in [6.45, 7) is -3.23. The standard InChI is InChI=1S/C6H3F11O/c7-1-3(9,4(10,11)12)2(8)18-6(16,17)5(13,14)15/h2H,1H2. The lowest BCUT2D eigenvalue weighted by molar-refractivity contribution is -0.434. The second kappa shape index (κ2) is 4.70. The molecule has 0 radical (unpaired) electrons. The third-order valence-corrected chi connectivity index (χ3v) is 1.61. The Hall–Kier alpha value is -0.810. The van der Waals surface area contributed by atoms with Crippen molar-refractivity contribution in [3.05, 3.63) is 0 Å². The summed E-state index contributed by atoms with van der Waals surface area (Å²) in [7, 11) is 0. The Kier molecular flexibility index (Phi) is 4.49. The molecule has 0 fully saturated rings. The average molecular weight is 300 g/mol. The molecule has 1 nitrogen and oxygen atoms in total. The maximum Gasteiger partial charge on any atom is 0.483 e. The fourth-order valence-corrected chi connectivity index (χ4v) is 0.555. The van der Waals surface area contributed by atoms with Gasteiger partial charge in [0.1, 0.15) is 6.67 Å². The smallest absolute Gasteiger partial charge is 0.274 e. The van der Waals surface area contributed by atoms with E-state index in [4.69, 9.17) is 0 Å². The molecule has 0 aliphatic rings. The fourth-order valence-electron chi connectivity index (χ4n) is 0.555. The first-order chi connectivity index (χ1) is 7.69. The van der Waals surface area contributed by atoms with Crippen LogP contribution in [0.25, 0.3) is 0 Å². The van der Waals surface area contributed by atoms with E-state index in [0.29, 0.717) is 0 Å². The van der Waals surface area contributed by atoms with Gasteiger partial charge in [-0.25, -0.2) is 13.2 Å². The lowest BCUT2D eigenvalue weighted by Gasteiger charge is -2.30. The van der Waals surface area contributed by atoms with Gasteiger partial charge in [0.2, 0.25) is 0 Å². The minimum Gasteiger partial charge on any atom is -0.274 e. The predicted octanol–water partition coefficient (Wildman–Crippen LogP) is 3.69. The van der Waals surface area contributed by atoms with E-state index in [1.807, 2.05) is 4.74 Å². The van der Waals surface area contributed by atoms with E-state index in [1.165, 1.54) is 0 Å². The second-order valence-electron chi connectivity index (χ2n) is 2.94. The molecule has 0 N–H and O–H groups in total. The number of ether oxygens (including phenoxy) is 1. The van der Waals surface area contributed by atoms with Crippen molar-refractivity contribution in [3.8, 4) is 0 Å². The fraction of sp³-hybridized carbons (Fsp3) is 1.00. The zero-order valence-corrected chi connectivity index (χ0v) is 7.85. The highest BCUT2D eigenvalue weighted by Gasteiger charge is 2.68. The Morgan fingerprint density at radius 1 is 0.778 bits per heavy atom. The molecular weight excluding hydrogens is 297 g/mol. The van der Waals surface area contributed by atoms with Gasteiger partial charge in [-0.3, -0.25) is 4.74 Å². The molecule has 0 aromatic rings. The summed E-state index contributed by atoms with van der Waals surface area (Å²) in [5.74, 6) is 0. The third-order valence-electron chi connectivity index (χ3n) is 1.61. The Morgan fingerprint density at radius 3 is 1.39 bits per heavy atom. The SMILES string of the molecule is FCC(F)(C(F)OC(F)(F)C(F)(F)F)C(F)(F)F. The quantitative estimate of drug-likeness (QED) is 0.719. The van der Waals surface area contributed by atoms with E-state index in [2.05, 4.69) is 0 Å². The van der Waals surface area contributed by atoms with Gasteiger partial charge in [-0.05, 0) is 0 Å². The number of halogens is 11. The Bertz CT molecular complexity index is 280. The van der Waals surface area contributed by atoms with Crippen LogP contribution in [0.1, 0.15) is 0 Å². The van der Waals surface area contributed by atoms with Crippen LogP contribution in [-0.2, 0) is 4.74 Å². The number of hydrogen-bond acceptors (Lipinski definition) is 1. The van der Waals surface area contributed by atoms with Crippen molar-refractivity contribution in [1.82, 2.24) is 0 Å². The van der Waals surface area contributed by atoms with Crippen molar-refractivity contribution in [2.24, 2.45) is 0 Å². The van der Waals surface area contributed by atoms with Gasteiger partial charge in [-0.1, -0.05) is 0 Å². The van der Waals surface area contributed by atoms with Crippen molar-refractivity contribution in [2.75, 3.05) is 6.67 Å². The van der Waals surface area contributed by atoms with Crippen LogP contribution in [0.2, 0.25) is 0 Å². The maximum atomic E-state index is 12.6. The van der Waals surface area contributed by atoms with Gasteiger partial charge >= 0.3 is 18.5 Å². The molecule has 0 saturated carbocycles. The Labute approximate surface area is 91.5 Å². The molecule has 0 heterocycles. The molecule has 0 bridgehead atoms. The van der Waals surface area contributed by atoms with Gasteiger partial charge < -0.3 is 0 Å². The van der Waals surface area contributed by atoms with Crippen LogP contribution in [0.15, 0.2) is 0 Å². The van der Waals surface area contributed by atoms with Crippen LogP contribution in [0, 0.1) is 0 Å². The van der Waals surface area contributed by atoms with Gasteiger partial charge in [-0.2, -0.15) is 35.1 Å². The first-order valence-corrected chi connectivity index (χ1v) is 3.77. The molecule has 0 rings (SSSR count). The lowest BCUT2D eigenvalue weighted by Crippen LogP contribution is -2.55. The van der Waals surface area contributed by atoms with Gasteiger partial charge in [0.15, 0.2) is 0 Å². The molecule has 18 heavy (non-hydrogen) atoms. The van der Waals surface area contributed by atoms with Crippen molar-refractivity contribution < 1.29 is 53.0 Å². The minimum absolute atomic E-state index is 2.02. The van der Waals surface area contributed by atoms with Crippen molar-refractivity contribution in [2.45, 2.75) is 30.5 Å². The molecule has 2 atom stereocenters. The monoisotopic (exact) mass is 300 g/mol. The summed E-state index contributed by atoms with van der Waals surface area (Å²) < 4.78 is 132. The highest BCUT2D eigenvalue weighted by molar-refractivity contribution is 4.91. The first kappa shape index (κ1) is 17.2. The molecule has 0 amide bonds. The summed E-state index contributed by atoms with van der Waals surface area (Å²) in [5.41, 5.74) is -5.62. The third kappa shape index (κ3) is 3.14. The molecule has 0 saturated heterocycles. The van der Waals surface area contributed by atoms with Crippen LogP contribution in [0.3, 0.4) is 0 Å². The molecule has 0 aromatic carbocycles. The van der Waals surface area contributed by atoms with Gasteiger partial charge in [0, 0.05) is 0 Å². The van der Waals surface area contributed by atoms with Gasteiger partial charge in [0.25, 0.3) is 12.0 Å². The van der Waals surface area contributed by atoms with E-state index in [-0.39, 0.29) is 0 Å². The van der Waals surface area contributed by atoms with E-state index in [1.54, 1.807) is 0 Å². The Balaban J connectivity index is 5.13. The molecule has 0 aromatic heterocycles. The van der Waals surface area contributed by atoms with Crippen molar-refractivity contribution >= 4 is 0 Å². The largest absolute Gasteiger partial charge is 0.483 e. The van der Waals surface area contributed by atoms with Crippen LogP contribution in [-0.4, -0.2) is 37.2 Å². The summed E-state index contributed by atoms with van der Waals surface area (Å²) in [6, 6.07) is 0. The van der Waals surface area contributed by atoms with Crippen LogP contribution < -0.4 is 0 Å². The van der Waals surface area contributed by atoms with E-state index >= 15 is 0 Å². The summed E-state index contributed by atoms with van der Waals surface area (Å²) in [4.78, 5) is 0. The maximum absolute atomic E-state index is 12.6. The van der Waals surface area contributed by atoms with Crippen molar-refractivity contribution in [3.63, 3.8) is 0 Å². The average Bonchev–Trinajstić information content (AvgIpc) is 2.11. The summed E-state index contributed by atoms with van der Waals surface area (Å²) in [6.07, 6.45) is -24.2. The normalized spacial score (nSPS) is 19.5. The topological polar surface area (TPSA) is 9.23 Å². The zero-order valence-electron chi connectivity index (χ0n) is 7.85. The zero-order chi connectivity index (χ0) is 15.0. The molecule has 0 spiro atoms. The lowest BCUT2D eigenvalue weighted by atomic mass is 10.1. The molecule has 110 valence electrons. The number of hydrogen-bond donors (Lipinski definition) is 0. The first-order valence-electron chi connectivity index (χ1n) is 3.77. The Morgan fingerprint density at radius 2 is 1.17 bits per heavy atom. The van der Waals surface area contributed by atoms with E-state index in [9.17, 15) is 48.3 Å². The second-order valence-corrected chi connectivity index (χ2v) is 2.94. The highest BCUT2D eigenvalue weighted by atomic mass is 19.4. The van der Waals surface area contributed by atoms with E-state index < -0.39 is 37.2 Å². The molecule has 0 aliphatic carbocycles. The molecule has 0 aliphatic heterocycles. The molecular formula is C6H3F11O. The molecule has 12 heteroatoms. The van der Waals surface area contributed by atoms with Crippen LogP contribution >= 0.6 is 0 Å². The van der Waals surface area contributed by atoms with Crippen LogP contribution in [0.4, 0.5) is 48.3 Å². The molecule has 2 unspecified atom stereocenters. The minimum atomic E-state index is -6.58. The van der Waals surface area contributed by atoms with Crippen LogP contribution in [0.5, 0.6) is 0 Å². The highest BCUT2D eigenvalue weighted by Crippen LogP contribution is 2.44. The summed E-state index contributed by atoms with van der Waals surface area (Å²) >= 11 is 0. The summed E-state index contributed by atoms with van der Waals surface area (Å²) in [5, 5.41) is 0. The van der Waals surface area contributed by atoms with Crippen molar-refractivity contribution in [1.29, 1.82) is 0 Å². The van der Waals surface area contributed by atoms with Gasteiger partial charge in [0.05, 0.1) is 0 Å². The number of rotatable bonds is 4.